The van der Waals surface area contributed by atoms with Crippen molar-refractivity contribution < 1.29 is 9.63 Å². The van der Waals surface area contributed by atoms with Crippen molar-refractivity contribution in [1.29, 1.82) is 0 Å². The van der Waals surface area contributed by atoms with Crippen molar-refractivity contribution in [2.45, 2.75) is 25.7 Å². The van der Waals surface area contributed by atoms with Gasteiger partial charge in [0, 0.05) is 18.7 Å². The van der Waals surface area contributed by atoms with E-state index in [0.29, 0.717) is 12.1 Å². The molecule has 2 aliphatic rings. The molecule has 3 rings (SSSR count). The second-order valence-electron chi connectivity index (χ2n) is 4.76. The van der Waals surface area contributed by atoms with Crippen molar-refractivity contribution in [2.24, 2.45) is 0 Å². The number of fused-ring (bicyclic) bond motifs is 1. The summed E-state index contributed by atoms with van der Waals surface area (Å²) in [7, 11) is 0. The van der Waals surface area contributed by atoms with E-state index in [2.05, 4.69) is 5.32 Å². The van der Waals surface area contributed by atoms with Gasteiger partial charge in [0.2, 0.25) is 5.91 Å². The van der Waals surface area contributed by atoms with Crippen LogP contribution in [0.5, 0.6) is 0 Å². The monoisotopic (exact) mass is 247 g/mol. The number of hydrogen-bond donors (Lipinski definition) is 2. The van der Waals surface area contributed by atoms with Crippen molar-refractivity contribution in [1.82, 2.24) is 0 Å². The Morgan fingerprint density at radius 1 is 1.28 bits per heavy atom. The topological polar surface area (TPSA) is 67.6 Å². The minimum atomic E-state index is 0.0591. The van der Waals surface area contributed by atoms with Crippen LogP contribution in [0.1, 0.15) is 24.8 Å². The summed E-state index contributed by atoms with van der Waals surface area (Å²) < 4.78 is 0. The molecule has 1 saturated heterocycles. The van der Waals surface area contributed by atoms with E-state index in [9.17, 15) is 4.79 Å². The highest BCUT2D eigenvalue weighted by atomic mass is 16.7. The van der Waals surface area contributed by atoms with Gasteiger partial charge >= 0.3 is 0 Å². The molecule has 1 aromatic rings. The lowest BCUT2D eigenvalue weighted by molar-refractivity contribution is -0.116. The Bertz CT molecular complexity index is 481. The molecule has 0 bridgehead atoms. The van der Waals surface area contributed by atoms with Crippen LogP contribution < -0.4 is 16.1 Å². The number of benzene rings is 1. The third kappa shape index (κ3) is 2.01. The average Bonchev–Trinajstić information content (AvgIpc) is 2.39. The number of nitrogens with zero attached hydrogens (tertiary/aromatic N) is 1. The minimum absolute atomic E-state index is 0.0591. The lowest BCUT2D eigenvalue weighted by Gasteiger charge is -2.30. The van der Waals surface area contributed by atoms with E-state index >= 15 is 0 Å². The molecule has 0 unspecified atom stereocenters. The van der Waals surface area contributed by atoms with Gasteiger partial charge in [-0.2, -0.15) is 0 Å². The zero-order valence-corrected chi connectivity index (χ0v) is 10.2. The van der Waals surface area contributed by atoms with Gasteiger partial charge in [-0.15, -0.1) is 0 Å². The molecule has 0 aliphatic carbocycles. The van der Waals surface area contributed by atoms with Crippen LogP contribution in [0.15, 0.2) is 12.1 Å². The van der Waals surface area contributed by atoms with Crippen molar-refractivity contribution >= 4 is 23.0 Å². The highest BCUT2D eigenvalue weighted by Gasteiger charge is 2.20. The molecule has 2 heterocycles. The zero-order valence-electron chi connectivity index (χ0n) is 10.2. The SMILES string of the molecule is Nc1cc2c(cc1N1CCCCO1)CCC(=O)N2. The average molecular weight is 247 g/mol. The first-order chi connectivity index (χ1) is 8.74. The second kappa shape index (κ2) is 4.49. The van der Waals surface area contributed by atoms with E-state index in [0.717, 1.165) is 49.4 Å². The van der Waals surface area contributed by atoms with E-state index in [-0.39, 0.29) is 5.91 Å². The predicted octanol–water partition coefficient (Wildman–Crippen LogP) is 1.69. The number of hydroxylamine groups is 1. The lowest BCUT2D eigenvalue weighted by Crippen LogP contribution is -2.31. The summed E-state index contributed by atoms with van der Waals surface area (Å²) in [6.45, 7) is 1.61. The second-order valence-corrected chi connectivity index (χ2v) is 4.76. The van der Waals surface area contributed by atoms with Crippen molar-refractivity contribution in [3.05, 3.63) is 17.7 Å². The van der Waals surface area contributed by atoms with E-state index in [1.165, 1.54) is 0 Å². The van der Waals surface area contributed by atoms with Gasteiger partial charge in [0.15, 0.2) is 0 Å². The third-order valence-electron chi connectivity index (χ3n) is 3.42. The predicted molar refractivity (Wildman–Crippen MR) is 70.3 cm³/mol. The molecule has 5 nitrogen and oxygen atoms in total. The van der Waals surface area contributed by atoms with Crippen LogP contribution in [0.25, 0.3) is 0 Å². The van der Waals surface area contributed by atoms with Crippen LogP contribution >= 0.6 is 0 Å². The first-order valence-electron chi connectivity index (χ1n) is 6.37. The van der Waals surface area contributed by atoms with E-state index in [1.807, 2.05) is 17.2 Å². The Hall–Kier alpha value is -1.75. The zero-order chi connectivity index (χ0) is 12.5. The molecule has 0 aromatic heterocycles. The third-order valence-corrected chi connectivity index (χ3v) is 3.42. The summed E-state index contributed by atoms with van der Waals surface area (Å²) in [6, 6.07) is 3.87. The molecule has 1 fully saturated rings. The van der Waals surface area contributed by atoms with Gasteiger partial charge < -0.3 is 11.1 Å². The Labute approximate surface area is 106 Å². The summed E-state index contributed by atoms with van der Waals surface area (Å²) in [5.74, 6) is 0.0591. The number of hydrogen-bond acceptors (Lipinski definition) is 4. The molecule has 1 amide bonds. The Balaban J connectivity index is 1.93. The first-order valence-corrected chi connectivity index (χ1v) is 6.37. The summed E-state index contributed by atoms with van der Waals surface area (Å²) in [6.07, 6.45) is 3.52. The highest BCUT2D eigenvalue weighted by molar-refractivity contribution is 5.95. The molecule has 5 heteroatoms. The van der Waals surface area contributed by atoms with Crippen LogP contribution in [0, 0.1) is 0 Å². The molecule has 1 aromatic carbocycles. The quantitative estimate of drug-likeness (QED) is 0.741. The fraction of sp³-hybridized carbons (Fsp3) is 0.462. The summed E-state index contributed by atoms with van der Waals surface area (Å²) in [5.41, 5.74) is 9.59. The Kier molecular flexibility index (Phi) is 2.83. The number of amides is 1. The number of nitrogen functional groups attached to an aromatic ring is 1. The number of nitrogens with two attached hydrogens (primary N) is 1. The summed E-state index contributed by atoms with van der Waals surface area (Å²) >= 11 is 0. The van der Waals surface area contributed by atoms with Gasteiger partial charge in [-0.3, -0.25) is 14.7 Å². The standard InChI is InChI=1S/C13H17N3O2/c14-10-8-11-9(3-4-13(17)15-11)7-12(10)16-5-1-2-6-18-16/h7-8H,1-6,14H2,(H,15,17). The molecular weight excluding hydrogens is 230 g/mol. The molecule has 96 valence electrons. The van der Waals surface area contributed by atoms with Crippen LogP contribution in [0.4, 0.5) is 17.1 Å². The van der Waals surface area contributed by atoms with Crippen molar-refractivity contribution in [2.75, 3.05) is 29.3 Å². The maximum absolute atomic E-state index is 11.3. The van der Waals surface area contributed by atoms with Crippen LogP contribution in [0.2, 0.25) is 0 Å². The fourth-order valence-corrected chi connectivity index (χ4v) is 2.44. The normalized spacial score (nSPS) is 19.3. The minimum Gasteiger partial charge on any atom is -0.397 e. The number of nitrogens with one attached hydrogen (secondary N) is 1. The van der Waals surface area contributed by atoms with Gasteiger partial charge in [0.1, 0.15) is 0 Å². The molecule has 3 N–H and O–H groups in total. The van der Waals surface area contributed by atoms with Gasteiger partial charge in [-0.05, 0) is 37.0 Å². The van der Waals surface area contributed by atoms with Crippen LogP contribution in [-0.4, -0.2) is 19.1 Å². The van der Waals surface area contributed by atoms with Crippen molar-refractivity contribution in [3.63, 3.8) is 0 Å². The molecule has 0 radical (unpaired) electrons. The number of aryl methyl sites for hydroxylation is 1. The number of carbonyl (C=O) groups is 1. The number of carbonyl (C=O) groups excluding carboxylic acids is 1. The van der Waals surface area contributed by atoms with Gasteiger partial charge in [-0.1, -0.05) is 0 Å². The number of anilines is 3. The molecule has 0 spiro atoms. The Morgan fingerprint density at radius 3 is 2.94 bits per heavy atom. The van der Waals surface area contributed by atoms with Crippen LogP contribution in [0.3, 0.4) is 0 Å². The van der Waals surface area contributed by atoms with E-state index in [1.54, 1.807) is 0 Å². The van der Waals surface area contributed by atoms with E-state index < -0.39 is 0 Å². The van der Waals surface area contributed by atoms with E-state index in [4.69, 9.17) is 10.6 Å². The maximum atomic E-state index is 11.3. The highest BCUT2D eigenvalue weighted by Crippen LogP contribution is 2.34. The molecule has 0 atom stereocenters. The van der Waals surface area contributed by atoms with Gasteiger partial charge in [-0.25, -0.2) is 0 Å². The molecular formula is C13H17N3O2. The first kappa shape index (κ1) is 11.3. The summed E-state index contributed by atoms with van der Waals surface area (Å²) in [4.78, 5) is 17.0. The fourth-order valence-electron chi connectivity index (χ4n) is 2.44. The van der Waals surface area contributed by atoms with Crippen molar-refractivity contribution in [3.8, 4) is 0 Å². The smallest absolute Gasteiger partial charge is 0.224 e. The lowest BCUT2D eigenvalue weighted by atomic mass is 10.0. The largest absolute Gasteiger partial charge is 0.397 e. The molecule has 2 aliphatic heterocycles. The number of rotatable bonds is 1. The molecule has 0 saturated carbocycles. The van der Waals surface area contributed by atoms with Crippen LogP contribution in [-0.2, 0) is 16.1 Å². The maximum Gasteiger partial charge on any atom is 0.224 e. The van der Waals surface area contributed by atoms with Gasteiger partial charge in [0.25, 0.3) is 0 Å². The summed E-state index contributed by atoms with van der Waals surface area (Å²) in [5, 5.41) is 4.72. The van der Waals surface area contributed by atoms with Gasteiger partial charge in [0.05, 0.1) is 18.0 Å². The Morgan fingerprint density at radius 2 is 2.17 bits per heavy atom. The molecule has 18 heavy (non-hydrogen) atoms.